The van der Waals surface area contributed by atoms with E-state index in [1.54, 1.807) is 25.4 Å². The van der Waals surface area contributed by atoms with Gasteiger partial charge < -0.3 is 25.4 Å². The summed E-state index contributed by atoms with van der Waals surface area (Å²) in [5.74, 6) is 0.144. The number of hydrogen-bond donors (Lipinski definition) is 3. The number of anilines is 2. The zero-order valence-corrected chi connectivity index (χ0v) is 22.3. The fourth-order valence-corrected chi connectivity index (χ4v) is 5.34. The largest absolute Gasteiger partial charge is 0.383 e. The van der Waals surface area contributed by atoms with Gasteiger partial charge in [0.05, 0.1) is 36.2 Å². The molecule has 0 aromatic carbocycles. The Morgan fingerprint density at radius 2 is 1.89 bits per heavy atom. The van der Waals surface area contributed by atoms with E-state index >= 15 is 0 Å². The van der Waals surface area contributed by atoms with Crippen LogP contribution in [0.4, 0.5) is 15.9 Å². The van der Waals surface area contributed by atoms with E-state index in [-0.39, 0.29) is 11.2 Å². The van der Waals surface area contributed by atoms with Crippen LogP contribution < -0.4 is 16.0 Å². The van der Waals surface area contributed by atoms with Gasteiger partial charge in [-0.3, -0.25) is 0 Å². The number of methoxy groups -OCH3 is 1. The van der Waals surface area contributed by atoms with Crippen LogP contribution in [0.1, 0.15) is 45.4 Å². The van der Waals surface area contributed by atoms with Crippen LogP contribution in [0, 0.1) is 22.6 Å². The molecule has 2 fully saturated rings. The quantitative estimate of drug-likeness (QED) is 0.368. The predicted molar refractivity (Wildman–Crippen MR) is 143 cm³/mol. The van der Waals surface area contributed by atoms with Crippen LogP contribution in [-0.2, 0) is 9.47 Å². The van der Waals surface area contributed by atoms with Crippen molar-refractivity contribution in [3.8, 4) is 17.2 Å². The van der Waals surface area contributed by atoms with Gasteiger partial charge in [0.25, 0.3) is 0 Å². The summed E-state index contributed by atoms with van der Waals surface area (Å²) in [5.41, 5.74) is 1.00. The van der Waals surface area contributed by atoms with E-state index < -0.39 is 11.2 Å². The number of nitriles is 1. The van der Waals surface area contributed by atoms with Crippen LogP contribution in [0.5, 0.6) is 0 Å². The molecule has 0 radical (unpaired) electrons. The molecule has 10 heteroatoms. The monoisotopic (exact) mass is 530 g/mol. The third-order valence-electron chi connectivity index (χ3n) is 7.32. The topological polar surface area (TPSA) is 104 Å². The molecule has 0 spiro atoms. The molecule has 1 saturated carbocycles. The first-order chi connectivity index (χ1) is 17.9. The molecule has 2 aromatic rings. The maximum absolute atomic E-state index is 14.9. The van der Waals surface area contributed by atoms with Gasteiger partial charge in [0.15, 0.2) is 0 Å². The minimum Gasteiger partial charge on any atom is -0.383 e. The van der Waals surface area contributed by atoms with Crippen LogP contribution in [-0.4, -0.2) is 61.6 Å². The molecule has 1 aliphatic carbocycles. The smallest absolute Gasteiger partial charge is 0.149 e. The first-order valence-electron chi connectivity index (χ1n) is 13.0. The second-order valence-corrected chi connectivity index (χ2v) is 10.5. The number of rotatable bonds is 10. The molecule has 3 heterocycles. The van der Waals surface area contributed by atoms with E-state index in [2.05, 4.69) is 38.9 Å². The average molecular weight is 531 g/mol. The Morgan fingerprint density at radius 3 is 2.59 bits per heavy atom. The second-order valence-electron chi connectivity index (χ2n) is 10.2. The summed E-state index contributed by atoms with van der Waals surface area (Å²) in [4.78, 5) is 8.55. The number of hydrogen-bond acceptors (Lipinski definition) is 8. The zero-order valence-electron chi connectivity index (χ0n) is 21.5. The summed E-state index contributed by atoms with van der Waals surface area (Å²) < 4.78 is 25.5. The van der Waals surface area contributed by atoms with Crippen LogP contribution in [0.2, 0.25) is 5.15 Å². The van der Waals surface area contributed by atoms with Crippen molar-refractivity contribution in [3.05, 3.63) is 35.5 Å². The first-order valence-corrected chi connectivity index (χ1v) is 13.3. The summed E-state index contributed by atoms with van der Waals surface area (Å²) in [5, 5.41) is 20.3. The molecular weight excluding hydrogens is 495 g/mol. The van der Waals surface area contributed by atoms with Gasteiger partial charge in [-0.2, -0.15) is 5.26 Å². The van der Waals surface area contributed by atoms with Crippen molar-refractivity contribution in [1.29, 1.82) is 5.26 Å². The summed E-state index contributed by atoms with van der Waals surface area (Å²) >= 11 is 6.40. The Labute approximate surface area is 223 Å². The molecular formula is C27H36ClFN6O2. The number of halogens is 2. The van der Waals surface area contributed by atoms with Gasteiger partial charge in [0, 0.05) is 56.1 Å². The van der Waals surface area contributed by atoms with Crippen LogP contribution in [0.15, 0.2) is 24.5 Å². The Kier molecular flexibility index (Phi) is 9.54. The molecule has 1 saturated heterocycles. The molecule has 2 aromatic heterocycles. The first kappa shape index (κ1) is 27.5. The normalized spacial score (nSPS) is 22.1. The van der Waals surface area contributed by atoms with Gasteiger partial charge in [0.1, 0.15) is 16.8 Å². The van der Waals surface area contributed by atoms with Crippen molar-refractivity contribution in [2.75, 3.05) is 44.1 Å². The molecule has 8 nitrogen and oxygen atoms in total. The SMILES string of the molecule is COC[C@H](C)N[C@H]1CC[C@H](Nc2cc(-c3cc(NCC4(C#N)CCOCC4)cnc3Cl)c(F)cn2)CC1. The Bertz CT molecular complexity index is 1080. The molecule has 0 bridgehead atoms. The van der Waals surface area contributed by atoms with Crippen LogP contribution in [0.3, 0.4) is 0 Å². The summed E-state index contributed by atoms with van der Waals surface area (Å²) in [6.45, 7) is 4.44. The van der Waals surface area contributed by atoms with Crippen LogP contribution >= 0.6 is 11.6 Å². The number of aromatic nitrogens is 2. The molecule has 200 valence electrons. The Balaban J connectivity index is 1.41. The van der Waals surface area contributed by atoms with Gasteiger partial charge in [-0.1, -0.05) is 11.6 Å². The molecule has 0 unspecified atom stereocenters. The number of pyridine rings is 2. The maximum Gasteiger partial charge on any atom is 0.149 e. The van der Waals surface area contributed by atoms with Crippen molar-refractivity contribution < 1.29 is 13.9 Å². The predicted octanol–water partition coefficient (Wildman–Crippen LogP) is 5.02. The number of nitrogens with zero attached hydrogens (tertiary/aromatic N) is 3. The van der Waals surface area contributed by atoms with Gasteiger partial charge in [0.2, 0.25) is 0 Å². The fraction of sp³-hybridized carbons (Fsp3) is 0.593. The van der Waals surface area contributed by atoms with E-state index in [1.165, 1.54) is 6.20 Å². The van der Waals surface area contributed by atoms with Crippen molar-refractivity contribution in [1.82, 2.24) is 15.3 Å². The highest BCUT2D eigenvalue weighted by Crippen LogP contribution is 2.34. The molecule has 0 amide bonds. The van der Waals surface area contributed by atoms with Crippen molar-refractivity contribution >= 4 is 23.1 Å². The lowest BCUT2D eigenvalue weighted by Crippen LogP contribution is -2.42. The highest BCUT2D eigenvalue weighted by Gasteiger charge is 2.32. The van der Waals surface area contributed by atoms with E-state index in [9.17, 15) is 9.65 Å². The lowest BCUT2D eigenvalue weighted by Gasteiger charge is -2.32. The standard InChI is InChI=1S/C27H36ClFN6O2/c1-18(15-36-2)34-19-3-5-20(6-4-19)35-25-12-22(24(29)14-31-25)23-11-21(13-32-26(23)28)33-17-27(16-30)7-9-37-10-8-27/h11-14,18-20,33-34H,3-10,15,17H2,1-2H3,(H,31,35)/t18-,19-,20-/m0/s1. The van der Waals surface area contributed by atoms with E-state index in [4.69, 9.17) is 21.1 Å². The molecule has 2 aliphatic rings. The van der Waals surface area contributed by atoms with Crippen molar-refractivity contribution in [2.45, 2.75) is 63.6 Å². The van der Waals surface area contributed by atoms with E-state index in [0.29, 0.717) is 73.9 Å². The summed E-state index contributed by atoms with van der Waals surface area (Å²) in [6.07, 6.45) is 8.28. The average Bonchev–Trinajstić information content (AvgIpc) is 2.91. The summed E-state index contributed by atoms with van der Waals surface area (Å²) in [7, 11) is 1.72. The Morgan fingerprint density at radius 1 is 1.16 bits per heavy atom. The number of nitrogens with one attached hydrogen (secondary N) is 3. The highest BCUT2D eigenvalue weighted by molar-refractivity contribution is 6.32. The van der Waals surface area contributed by atoms with Crippen LogP contribution in [0.25, 0.3) is 11.1 Å². The minimum absolute atomic E-state index is 0.208. The van der Waals surface area contributed by atoms with Crippen molar-refractivity contribution in [2.24, 2.45) is 5.41 Å². The third kappa shape index (κ3) is 7.29. The zero-order chi connectivity index (χ0) is 26.3. The fourth-order valence-electron chi connectivity index (χ4n) is 5.13. The maximum atomic E-state index is 14.9. The second kappa shape index (κ2) is 12.8. The minimum atomic E-state index is -0.493. The summed E-state index contributed by atoms with van der Waals surface area (Å²) in [6, 6.07) is 6.98. The lowest BCUT2D eigenvalue weighted by atomic mass is 9.81. The molecule has 4 rings (SSSR count). The van der Waals surface area contributed by atoms with Gasteiger partial charge >= 0.3 is 0 Å². The van der Waals surface area contributed by atoms with Gasteiger partial charge in [-0.25, -0.2) is 14.4 Å². The van der Waals surface area contributed by atoms with E-state index in [0.717, 1.165) is 25.7 Å². The highest BCUT2D eigenvalue weighted by atomic mass is 35.5. The van der Waals surface area contributed by atoms with Gasteiger partial charge in [-0.05, 0) is 57.6 Å². The van der Waals surface area contributed by atoms with E-state index in [1.807, 2.05) is 0 Å². The third-order valence-corrected chi connectivity index (χ3v) is 7.62. The molecule has 3 N–H and O–H groups in total. The molecule has 1 atom stereocenters. The lowest BCUT2D eigenvalue weighted by molar-refractivity contribution is 0.0456. The number of ether oxygens (including phenoxy) is 2. The molecule has 1 aliphatic heterocycles. The Hall–Kier alpha value is -2.51. The van der Waals surface area contributed by atoms with Crippen molar-refractivity contribution in [3.63, 3.8) is 0 Å². The molecule has 37 heavy (non-hydrogen) atoms. The van der Waals surface area contributed by atoms with Gasteiger partial charge in [-0.15, -0.1) is 0 Å².